The molecule has 6 rings (SSSR count). The minimum atomic E-state index is 0.640. The summed E-state index contributed by atoms with van der Waals surface area (Å²) in [6.45, 7) is 8.32. The van der Waals surface area contributed by atoms with Crippen molar-refractivity contribution in [3.63, 3.8) is 0 Å². The van der Waals surface area contributed by atoms with E-state index in [1.54, 1.807) is 6.26 Å². The van der Waals surface area contributed by atoms with Gasteiger partial charge in [0.25, 0.3) is 0 Å². The van der Waals surface area contributed by atoms with Crippen LogP contribution in [0.3, 0.4) is 0 Å². The maximum Gasteiger partial charge on any atom is 0.228 e. The molecule has 0 aliphatic rings. The minimum Gasteiger partial charge on any atom is -0.463 e. The van der Waals surface area contributed by atoms with Crippen LogP contribution in [-0.2, 0) is 19.6 Å². The summed E-state index contributed by atoms with van der Waals surface area (Å²) in [7, 11) is 0. The van der Waals surface area contributed by atoms with Crippen molar-refractivity contribution in [1.82, 2.24) is 19.5 Å². The molecular weight excluding hydrogens is 482 g/mol. The van der Waals surface area contributed by atoms with E-state index in [-0.39, 0.29) is 0 Å². The Bertz CT molecular complexity index is 1640. The summed E-state index contributed by atoms with van der Waals surface area (Å²) in [4.78, 5) is 17.1. The van der Waals surface area contributed by atoms with Crippen molar-refractivity contribution in [2.75, 3.05) is 4.90 Å². The molecule has 3 aromatic carbocycles. The molecule has 0 N–H and O–H groups in total. The fourth-order valence-electron chi connectivity index (χ4n) is 4.69. The number of anilines is 1. The first kappa shape index (κ1) is 24.6. The van der Waals surface area contributed by atoms with Crippen molar-refractivity contribution in [1.29, 1.82) is 0 Å². The SMILES string of the molecule is Cc1ccc(CN(Cc2ccc(C)cc2)c2nc(-c3ccco3)c3ncn(Cc4ccc(C)cc4)c3n2)cc1. The number of aryl methyl sites for hydroxylation is 3. The zero-order chi connectivity index (χ0) is 26.8. The van der Waals surface area contributed by atoms with Crippen LogP contribution in [0, 0.1) is 20.8 Å². The first-order chi connectivity index (χ1) is 19.0. The molecule has 3 heterocycles. The van der Waals surface area contributed by atoms with Crippen LogP contribution < -0.4 is 4.90 Å². The molecule has 0 saturated heterocycles. The number of aromatic nitrogens is 4. The van der Waals surface area contributed by atoms with Crippen LogP contribution in [-0.4, -0.2) is 19.5 Å². The first-order valence-electron chi connectivity index (χ1n) is 13.2. The van der Waals surface area contributed by atoms with Gasteiger partial charge in [-0.15, -0.1) is 0 Å². The Balaban J connectivity index is 1.46. The van der Waals surface area contributed by atoms with E-state index in [9.17, 15) is 0 Å². The van der Waals surface area contributed by atoms with Crippen LogP contribution in [0.1, 0.15) is 33.4 Å². The topological polar surface area (TPSA) is 60.0 Å². The quantitative estimate of drug-likeness (QED) is 0.214. The Hall–Kier alpha value is -4.71. The highest BCUT2D eigenvalue weighted by molar-refractivity contribution is 5.86. The predicted molar refractivity (Wildman–Crippen MR) is 156 cm³/mol. The van der Waals surface area contributed by atoms with Crippen LogP contribution in [0.4, 0.5) is 5.95 Å². The van der Waals surface area contributed by atoms with E-state index in [1.165, 1.54) is 33.4 Å². The molecule has 39 heavy (non-hydrogen) atoms. The fourth-order valence-corrected chi connectivity index (χ4v) is 4.69. The third kappa shape index (κ3) is 5.46. The highest BCUT2D eigenvalue weighted by Gasteiger charge is 2.21. The normalized spacial score (nSPS) is 11.3. The standard InChI is InChI=1S/C33H31N5O/c1-23-6-12-26(13-7-23)19-37(20-27-14-8-24(2)9-15-27)33-35-30(29-5-4-18-39-29)31-32(36-33)38(22-34-31)21-28-16-10-25(3)11-17-28/h4-18,22H,19-21H2,1-3H3. The smallest absolute Gasteiger partial charge is 0.228 e. The molecule has 6 aromatic rings. The number of furan rings is 1. The van der Waals surface area contributed by atoms with Gasteiger partial charge in [0.05, 0.1) is 19.1 Å². The second-order valence-electron chi connectivity index (χ2n) is 10.2. The molecule has 0 atom stereocenters. The molecule has 6 nitrogen and oxygen atoms in total. The van der Waals surface area contributed by atoms with Crippen molar-refractivity contribution in [3.05, 3.63) is 131 Å². The first-order valence-corrected chi connectivity index (χ1v) is 13.2. The highest BCUT2D eigenvalue weighted by Crippen LogP contribution is 2.29. The molecule has 0 amide bonds. The number of imidazole rings is 1. The number of benzene rings is 3. The molecule has 0 bridgehead atoms. The lowest BCUT2D eigenvalue weighted by molar-refractivity contribution is 0.580. The second-order valence-corrected chi connectivity index (χ2v) is 10.2. The Morgan fingerprint density at radius 1 is 0.692 bits per heavy atom. The summed E-state index contributed by atoms with van der Waals surface area (Å²) in [5.41, 5.74) is 9.51. The fraction of sp³-hybridized carbons (Fsp3) is 0.182. The summed E-state index contributed by atoms with van der Waals surface area (Å²) in [5, 5.41) is 0. The van der Waals surface area contributed by atoms with Gasteiger partial charge in [-0.3, -0.25) is 0 Å². The van der Waals surface area contributed by atoms with Gasteiger partial charge in [0.2, 0.25) is 5.95 Å². The van der Waals surface area contributed by atoms with Crippen LogP contribution in [0.15, 0.2) is 102 Å². The number of nitrogens with zero attached hydrogens (tertiary/aromatic N) is 5. The highest BCUT2D eigenvalue weighted by atomic mass is 16.3. The van der Waals surface area contributed by atoms with E-state index in [4.69, 9.17) is 19.4 Å². The number of hydrogen-bond donors (Lipinski definition) is 0. The van der Waals surface area contributed by atoms with Gasteiger partial charge in [-0.1, -0.05) is 89.5 Å². The molecular formula is C33H31N5O. The predicted octanol–water partition coefficient (Wildman–Crippen LogP) is 7.27. The molecule has 0 aliphatic carbocycles. The maximum absolute atomic E-state index is 5.81. The molecule has 0 fully saturated rings. The van der Waals surface area contributed by atoms with E-state index in [1.807, 2.05) is 18.5 Å². The van der Waals surface area contributed by atoms with Crippen molar-refractivity contribution >= 4 is 17.1 Å². The number of hydrogen-bond acceptors (Lipinski definition) is 5. The van der Waals surface area contributed by atoms with Crippen molar-refractivity contribution < 1.29 is 4.42 Å². The van der Waals surface area contributed by atoms with Crippen LogP contribution in [0.5, 0.6) is 0 Å². The Kier molecular flexibility index (Phi) is 6.68. The molecule has 194 valence electrons. The molecule has 3 aromatic heterocycles. The van der Waals surface area contributed by atoms with E-state index < -0.39 is 0 Å². The van der Waals surface area contributed by atoms with Crippen LogP contribution >= 0.6 is 0 Å². The van der Waals surface area contributed by atoms with E-state index >= 15 is 0 Å². The van der Waals surface area contributed by atoms with Crippen molar-refractivity contribution in [2.45, 2.75) is 40.4 Å². The zero-order valence-corrected chi connectivity index (χ0v) is 22.5. The van der Waals surface area contributed by atoms with Crippen LogP contribution in [0.2, 0.25) is 0 Å². The third-order valence-electron chi connectivity index (χ3n) is 6.95. The lowest BCUT2D eigenvalue weighted by atomic mass is 10.1. The zero-order valence-electron chi connectivity index (χ0n) is 22.5. The minimum absolute atomic E-state index is 0.640. The Morgan fingerprint density at radius 2 is 1.26 bits per heavy atom. The largest absolute Gasteiger partial charge is 0.463 e. The average molecular weight is 514 g/mol. The summed E-state index contributed by atoms with van der Waals surface area (Å²) < 4.78 is 7.90. The van der Waals surface area contributed by atoms with E-state index in [0.717, 1.165) is 11.2 Å². The van der Waals surface area contributed by atoms with Gasteiger partial charge in [-0.25, -0.2) is 9.97 Å². The number of fused-ring (bicyclic) bond motifs is 1. The van der Waals surface area contributed by atoms with Gasteiger partial charge in [0.1, 0.15) is 11.2 Å². The monoisotopic (exact) mass is 513 g/mol. The summed E-state index contributed by atoms with van der Waals surface area (Å²) in [6.07, 6.45) is 3.52. The maximum atomic E-state index is 5.81. The van der Waals surface area contributed by atoms with Gasteiger partial charge in [0, 0.05) is 13.1 Å². The van der Waals surface area contributed by atoms with Gasteiger partial charge < -0.3 is 13.9 Å². The molecule has 0 unspecified atom stereocenters. The molecule has 0 saturated carbocycles. The van der Waals surface area contributed by atoms with E-state index in [2.05, 4.69) is 103 Å². The molecule has 0 spiro atoms. The van der Waals surface area contributed by atoms with Gasteiger partial charge >= 0.3 is 0 Å². The number of rotatable bonds is 8. The summed E-state index contributed by atoms with van der Waals surface area (Å²) >= 11 is 0. The molecule has 0 radical (unpaired) electrons. The summed E-state index contributed by atoms with van der Waals surface area (Å²) in [6, 6.07) is 29.6. The van der Waals surface area contributed by atoms with Crippen molar-refractivity contribution in [2.24, 2.45) is 0 Å². The van der Waals surface area contributed by atoms with Gasteiger partial charge in [0.15, 0.2) is 11.4 Å². The third-order valence-corrected chi connectivity index (χ3v) is 6.95. The Morgan fingerprint density at radius 3 is 1.79 bits per heavy atom. The van der Waals surface area contributed by atoms with Crippen LogP contribution in [0.25, 0.3) is 22.6 Å². The lowest BCUT2D eigenvalue weighted by Gasteiger charge is -2.24. The van der Waals surface area contributed by atoms with Crippen molar-refractivity contribution in [3.8, 4) is 11.5 Å². The Labute approximate surface area is 228 Å². The lowest BCUT2D eigenvalue weighted by Crippen LogP contribution is -2.25. The second kappa shape index (κ2) is 10.6. The summed E-state index contributed by atoms with van der Waals surface area (Å²) in [5.74, 6) is 1.32. The van der Waals surface area contributed by atoms with Gasteiger partial charge in [-0.2, -0.15) is 4.98 Å². The average Bonchev–Trinajstić information content (AvgIpc) is 3.62. The molecule has 6 heteroatoms. The molecule has 0 aliphatic heterocycles. The van der Waals surface area contributed by atoms with E-state index in [0.29, 0.717) is 37.0 Å². The van der Waals surface area contributed by atoms with Gasteiger partial charge in [-0.05, 0) is 49.6 Å².